The summed E-state index contributed by atoms with van der Waals surface area (Å²) in [5.41, 5.74) is 3.17. The minimum Gasteiger partial charge on any atom is -0.437 e. The number of pyridine rings is 1. The van der Waals surface area contributed by atoms with Crippen molar-refractivity contribution in [3.63, 3.8) is 0 Å². The average molecular weight is 474 g/mol. The minimum atomic E-state index is -0.0510. The maximum absolute atomic E-state index is 12.8. The molecule has 1 amide bonds. The van der Waals surface area contributed by atoms with Crippen molar-refractivity contribution in [1.82, 2.24) is 10.3 Å². The van der Waals surface area contributed by atoms with Gasteiger partial charge in [-0.25, -0.2) is 4.98 Å². The summed E-state index contributed by atoms with van der Waals surface area (Å²) in [6, 6.07) is 24.2. The Bertz CT molecular complexity index is 1270. The molecule has 0 radical (unpaired) electrons. The maximum Gasteiger partial charge on any atom is 0.261 e. The molecule has 0 atom stereocenters. The van der Waals surface area contributed by atoms with Gasteiger partial charge >= 0.3 is 0 Å². The highest BCUT2D eigenvalue weighted by atomic mass is 32.2. The molecule has 33 heavy (non-hydrogen) atoms. The van der Waals surface area contributed by atoms with E-state index in [0.29, 0.717) is 23.8 Å². The third kappa shape index (κ3) is 4.74. The van der Waals surface area contributed by atoms with Gasteiger partial charge in [-0.1, -0.05) is 30.3 Å². The summed E-state index contributed by atoms with van der Waals surface area (Å²) in [6.45, 7) is 1.24. The third-order valence-corrected chi connectivity index (χ3v) is 7.34. The molecule has 1 N–H and O–H groups in total. The number of anilines is 2. The molecule has 0 bridgehead atoms. The summed E-state index contributed by atoms with van der Waals surface area (Å²) in [6.07, 6.45) is 4.60. The van der Waals surface area contributed by atoms with Crippen molar-refractivity contribution < 1.29 is 9.53 Å². The Kier molecular flexibility index (Phi) is 6.32. The van der Waals surface area contributed by atoms with E-state index >= 15 is 0 Å². The maximum atomic E-state index is 12.8. The molecule has 7 heteroatoms. The van der Waals surface area contributed by atoms with Gasteiger partial charge in [0.2, 0.25) is 5.88 Å². The first-order valence-electron chi connectivity index (χ1n) is 10.7. The number of para-hydroxylation sites is 1. The Morgan fingerprint density at radius 1 is 1.09 bits per heavy atom. The third-order valence-electron chi connectivity index (χ3n) is 5.49. The van der Waals surface area contributed by atoms with Crippen LogP contribution in [0.4, 0.5) is 10.7 Å². The lowest BCUT2D eigenvalue weighted by Gasteiger charge is -2.21. The normalized spacial score (nSPS) is 12.3. The van der Waals surface area contributed by atoms with Crippen molar-refractivity contribution in [3.05, 3.63) is 95.0 Å². The predicted molar refractivity (Wildman–Crippen MR) is 135 cm³/mol. The zero-order valence-electron chi connectivity index (χ0n) is 18.2. The molecule has 0 aliphatic carbocycles. The van der Waals surface area contributed by atoms with E-state index in [0.717, 1.165) is 28.4 Å². The monoisotopic (exact) mass is 473 g/mol. The number of fused-ring (bicyclic) bond motifs is 2. The van der Waals surface area contributed by atoms with Crippen LogP contribution in [0.5, 0.6) is 11.6 Å². The van der Waals surface area contributed by atoms with Crippen LogP contribution in [0.3, 0.4) is 0 Å². The van der Waals surface area contributed by atoms with Crippen molar-refractivity contribution in [1.29, 1.82) is 0 Å². The molecule has 3 heterocycles. The fraction of sp³-hybridized carbons (Fsp3) is 0.154. The molecule has 0 unspecified atom stereocenters. The lowest BCUT2D eigenvalue weighted by atomic mass is 10.1. The molecule has 0 saturated carbocycles. The molecular weight excluding hydrogens is 450 g/mol. The molecule has 5 rings (SSSR count). The van der Waals surface area contributed by atoms with Gasteiger partial charge < -0.3 is 15.0 Å². The van der Waals surface area contributed by atoms with E-state index in [1.165, 1.54) is 21.8 Å². The van der Waals surface area contributed by atoms with Gasteiger partial charge in [0, 0.05) is 23.2 Å². The van der Waals surface area contributed by atoms with Crippen molar-refractivity contribution in [2.45, 2.75) is 17.9 Å². The van der Waals surface area contributed by atoms with Gasteiger partial charge in [0.1, 0.15) is 11.4 Å². The summed E-state index contributed by atoms with van der Waals surface area (Å²) in [4.78, 5) is 21.3. The largest absolute Gasteiger partial charge is 0.437 e. The van der Waals surface area contributed by atoms with Crippen molar-refractivity contribution in [2.24, 2.45) is 0 Å². The Morgan fingerprint density at radius 2 is 1.94 bits per heavy atom. The van der Waals surface area contributed by atoms with E-state index in [2.05, 4.69) is 51.8 Å². The lowest BCUT2D eigenvalue weighted by Crippen LogP contribution is -2.24. The van der Waals surface area contributed by atoms with Crippen LogP contribution >= 0.6 is 23.1 Å². The number of nitrogens with one attached hydrogen (secondary N) is 1. The van der Waals surface area contributed by atoms with Crippen molar-refractivity contribution in [2.75, 3.05) is 17.7 Å². The van der Waals surface area contributed by atoms with Crippen LogP contribution in [0.25, 0.3) is 0 Å². The molecule has 166 valence electrons. The van der Waals surface area contributed by atoms with Gasteiger partial charge in [-0.05, 0) is 60.7 Å². The van der Waals surface area contributed by atoms with Crippen molar-refractivity contribution >= 4 is 39.7 Å². The van der Waals surface area contributed by atoms with Crippen LogP contribution < -0.4 is 15.0 Å². The Labute approximate surface area is 201 Å². The zero-order chi connectivity index (χ0) is 22.6. The van der Waals surface area contributed by atoms with E-state index in [-0.39, 0.29) is 5.91 Å². The zero-order valence-corrected chi connectivity index (χ0v) is 19.8. The SMILES string of the molecule is CSc1ccc(CCNC(=O)c2ccc(N3Cc4ccccc4Oc4ncccc43)s2)cc1. The van der Waals surface area contributed by atoms with Crippen molar-refractivity contribution in [3.8, 4) is 11.6 Å². The first-order chi connectivity index (χ1) is 16.2. The molecule has 1 aliphatic heterocycles. The number of nitrogens with zero attached hydrogens (tertiary/aromatic N) is 2. The standard InChI is InChI=1S/C26H23N3O2S2/c1-32-20-10-8-18(9-11-20)14-16-27-25(30)23-12-13-24(33-23)29-17-19-5-2-3-7-22(19)31-26-21(29)6-4-15-28-26/h2-13,15H,14,16-17H2,1H3,(H,27,30). The first-order valence-corrected chi connectivity index (χ1v) is 12.7. The highest BCUT2D eigenvalue weighted by Gasteiger charge is 2.24. The minimum absolute atomic E-state index is 0.0510. The number of thioether (sulfide) groups is 1. The fourth-order valence-electron chi connectivity index (χ4n) is 3.75. The number of rotatable bonds is 6. The summed E-state index contributed by atoms with van der Waals surface area (Å²) in [7, 11) is 0. The van der Waals surface area contributed by atoms with Gasteiger partial charge in [0.05, 0.1) is 16.4 Å². The number of aromatic nitrogens is 1. The summed E-state index contributed by atoms with van der Waals surface area (Å²) in [5, 5.41) is 4.02. The smallest absolute Gasteiger partial charge is 0.261 e. The van der Waals surface area contributed by atoms with Crippen LogP contribution in [0.2, 0.25) is 0 Å². The molecule has 0 fully saturated rings. The van der Waals surface area contributed by atoms with Crippen LogP contribution in [-0.4, -0.2) is 23.7 Å². The molecule has 1 aliphatic rings. The Morgan fingerprint density at radius 3 is 2.79 bits per heavy atom. The Balaban J connectivity index is 1.30. The number of ether oxygens (including phenoxy) is 1. The highest BCUT2D eigenvalue weighted by Crippen LogP contribution is 2.42. The van der Waals surface area contributed by atoms with E-state index in [1.54, 1.807) is 18.0 Å². The molecular formula is C26H23N3O2S2. The second kappa shape index (κ2) is 9.68. The van der Waals surface area contributed by atoms with E-state index in [1.807, 2.05) is 42.5 Å². The molecule has 5 nitrogen and oxygen atoms in total. The number of benzene rings is 2. The van der Waals surface area contributed by atoms with Crippen LogP contribution in [0.15, 0.2) is 83.9 Å². The summed E-state index contributed by atoms with van der Waals surface area (Å²) in [5.74, 6) is 1.32. The van der Waals surface area contributed by atoms with E-state index < -0.39 is 0 Å². The number of carbonyl (C=O) groups excluding carboxylic acids is 1. The van der Waals surface area contributed by atoms with Gasteiger partial charge in [0.15, 0.2) is 0 Å². The quantitative estimate of drug-likeness (QED) is 0.334. The van der Waals surface area contributed by atoms with E-state index in [9.17, 15) is 4.79 Å². The number of amides is 1. The van der Waals surface area contributed by atoms with Gasteiger partial charge in [-0.2, -0.15) is 0 Å². The van der Waals surface area contributed by atoms with Crippen LogP contribution in [0, 0.1) is 0 Å². The van der Waals surface area contributed by atoms with Gasteiger partial charge in [-0.3, -0.25) is 4.79 Å². The van der Waals surface area contributed by atoms with Crippen LogP contribution in [-0.2, 0) is 13.0 Å². The highest BCUT2D eigenvalue weighted by molar-refractivity contribution is 7.98. The topological polar surface area (TPSA) is 54.5 Å². The fourth-order valence-corrected chi connectivity index (χ4v) is 5.09. The van der Waals surface area contributed by atoms with Gasteiger partial charge in [-0.15, -0.1) is 23.1 Å². The molecule has 2 aromatic carbocycles. The summed E-state index contributed by atoms with van der Waals surface area (Å²) < 4.78 is 6.09. The average Bonchev–Trinajstić information content (AvgIpc) is 3.28. The number of hydrogen-bond donors (Lipinski definition) is 1. The second-order valence-electron chi connectivity index (χ2n) is 7.62. The number of thiophene rings is 1. The number of carbonyl (C=O) groups is 1. The first kappa shape index (κ1) is 21.6. The number of hydrogen-bond acceptors (Lipinski definition) is 6. The van der Waals surface area contributed by atoms with Gasteiger partial charge in [0.25, 0.3) is 5.91 Å². The lowest BCUT2D eigenvalue weighted by molar-refractivity contribution is 0.0958. The second-order valence-corrected chi connectivity index (χ2v) is 9.56. The van der Waals surface area contributed by atoms with Crippen LogP contribution in [0.1, 0.15) is 20.8 Å². The molecule has 4 aromatic rings. The molecule has 0 spiro atoms. The molecule has 0 saturated heterocycles. The van der Waals surface area contributed by atoms with E-state index in [4.69, 9.17) is 4.74 Å². The predicted octanol–water partition coefficient (Wildman–Crippen LogP) is 6.28. The Hall–Kier alpha value is -3.29. The molecule has 2 aromatic heterocycles. The summed E-state index contributed by atoms with van der Waals surface area (Å²) >= 11 is 3.20.